The van der Waals surface area contributed by atoms with Gasteiger partial charge >= 0.3 is 0 Å². The molecule has 3 aromatic carbocycles. The van der Waals surface area contributed by atoms with Gasteiger partial charge in [0.15, 0.2) is 0 Å². The van der Waals surface area contributed by atoms with Gasteiger partial charge in [0.05, 0.1) is 16.8 Å². The van der Waals surface area contributed by atoms with Crippen molar-refractivity contribution in [2.75, 3.05) is 5.32 Å². The Morgan fingerprint density at radius 2 is 1.61 bits per heavy atom. The third kappa shape index (κ3) is 3.98. The van der Waals surface area contributed by atoms with Crippen molar-refractivity contribution in [2.24, 2.45) is 0 Å². The van der Waals surface area contributed by atoms with Gasteiger partial charge in [0.25, 0.3) is 5.91 Å². The Hall–Kier alpha value is -3.77. The maximum absolute atomic E-state index is 14.2. The molecule has 4 aromatic rings. The molecule has 0 unspecified atom stereocenters. The average Bonchev–Trinajstić information content (AvgIpc) is 2.78. The van der Waals surface area contributed by atoms with Crippen molar-refractivity contribution in [3.63, 3.8) is 0 Å². The topological polar surface area (TPSA) is 64.0 Å². The second-order valence-corrected chi connectivity index (χ2v) is 7.21. The molecule has 4 rings (SSSR count). The highest BCUT2D eigenvalue weighted by Crippen LogP contribution is 2.32. The molecular formula is C24H17ClFN3O2. The van der Waals surface area contributed by atoms with E-state index in [9.17, 15) is 14.0 Å². The number of aromatic nitrogens is 2. The van der Waals surface area contributed by atoms with Crippen LogP contribution in [-0.4, -0.2) is 15.7 Å². The molecule has 154 valence electrons. The van der Waals surface area contributed by atoms with Gasteiger partial charge in [0.2, 0.25) is 5.43 Å². The number of aryl methyl sites for hydroxylation is 1. The third-order valence-corrected chi connectivity index (χ3v) is 5.08. The van der Waals surface area contributed by atoms with Crippen LogP contribution in [0.2, 0.25) is 5.02 Å². The molecule has 1 aromatic heterocycles. The maximum atomic E-state index is 14.2. The Morgan fingerprint density at radius 3 is 2.32 bits per heavy atom. The number of rotatable bonds is 4. The van der Waals surface area contributed by atoms with Crippen LogP contribution in [0.3, 0.4) is 0 Å². The second-order valence-electron chi connectivity index (χ2n) is 6.80. The summed E-state index contributed by atoms with van der Waals surface area (Å²) in [7, 11) is 0. The van der Waals surface area contributed by atoms with Gasteiger partial charge in [0, 0.05) is 10.6 Å². The maximum Gasteiger partial charge on any atom is 0.259 e. The third-order valence-electron chi connectivity index (χ3n) is 4.75. The molecule has 7 heteroatoms. The van der Waals surface area contributed by atoms with Crippen molar-refractivity contribution in [1.29, 1.82) is 0 Å². The number of carbonyl (C=O) groups excluding carboxylic acids is 1. The van der Waals surface area contributed by atoms with Crippen LogP contribution in [0.1, 0.15) is 16.1 Å². The summed E-state index contributed by atoms with van der Waals surface area (Å²) in [6.45, 7) is 1.59. The molecule has 5 nitrogen and oxygen atoms in total. The highest BCUT2D eigenvalue weighted by atomic mass is 35.5. The summed E-state index contributed by atoms with van der Waals surface area (Å²) in [6.07, 6.45) is 0. The van der Waals surface area contributed by atoms with Gasteiger partial charge in [-0.25, -0.2) is 9.07 Å². The highest BCUT2D eigenvalue weighted by molar-refractivity contribution is 6.33. The Morgan fingerprint density at radius 1 is 0.968 bits per heavy atom. The number of hydrogen-bond donors (Lipinski definition) is 1. The van der Waals surface area contributed by atoms with E-state index in [2.05, 4.69) is 10.4 Å². The van der Waals surface area contributed by atoms with Crippen LogP contribution in [0, 0.1) is 12.7 Å². The van der Waals surface area contributed by atoms with E-state index in [1.54, 1.807) is 49.4 Å². The summed E-state index contributed by atoms with van der Waals surface area (Å²) in [5.74, 6) is -1.28. The first-order valence-electron chi connectivity index (χ1n) is 9.47. The Labute approximate surface area is 182 Å². The molecule has 31 heavy (non-hydrogen) atoms. The monoisotopic (exact) mass is 433 g/mol. The smallest absolute Gasteiger partial charge is 0.259 e. The van der Waals surface area contributed by atoms with E-state index in [-0.39, 0.29) is 28.1 Å². The van der Waals surface area contributed by atoms with Gasteiger partial charge in [-0.05, 0) is 37.3 Å². The minimum atomic E-state index is -0.707. The summed E-state index contributed by atoms with van der Waals surface area (Å²) >= 11 is 6.39. The van der Waals surface area contributed by atoms with Crippen molar-refractivity contribution in [2.45, 2.75) is 6.92 Å². The number of amides is 1. The zero-order valence-electron chi connectivity index (χ0n) is 16.5. The fraction of sp³-hybridized carbons (Fsp3) is 0.0417. The molecule has 0 radical (unpaired) electrons. The van der Waals surface area contributed by atoms with E-state index in [1.807, 2.05) is 18.2 Å². The first kappa shape index (κ1) is 20.5. The Balaban J connectivity index is 2.00. The predicted molar refractivity (Wildman–Crippen MR) is 119 cm³/mol. The Bertz CT molecular complexity index is 1340. The summed E-state index contributed by atoms with van der Waals surface area (Å²) in [5, 5.41) is 7.41. The fourth-order valence-corrected chi connectivity index (χ4v) is 3.48. The summed E-state index contributed by atoms with van der Waals surface area (Å²) in [4.78, 5) is 26.1. The molecule has 0 bridgehead atoms. The zero-order valence-corrected chi connectivity index (χ0v) is 17.2. The fourth-order valence-electron chi connectivity index (χ4n) is 3.25. The molecule has 0 aliphatic carbocycles. The SMILES string of the molecule is Cc1nn(-c2ccccc2)c(NC(=O)c2ccccc2F)c(-c2ccccc2Cl)c1=O. The van der Waals surface area contributed by atoms with Crippen LogP contribution in [0.4, 0.5) is 10.2 Å². The van der Waals surface area contributed by atoms with Crippen LogP contribution in [0.15, 0.2) is 83.7 Å². The molecular weight excluding hydrogens is 417 g/mol. The molecule has 0 aliphatic heterocycles. The quantitative estimate of drug-likeness (QED) is 0.478. The normalized spacial score (nSPS) is 10.7. The van der Waals surface area contributed by atoms with Crippen molar-refractivity contribution >= 4 is 23.3 Å². The second kappa shape index (κ2) is 8.53. The van der Waals surface area contributed by atoms with E-state index in [0.717, 1.165) is 0 Å². The molecule has 0 aliphatic rings. The standard InChI is InChI=1S/C24H17ClFN3O2/c1-15-22(30)21(17-11-5-7-13-19(17)25)23(29(28-15)16-9-3-2-4-10-16)27-24(31)18-12-6-8-14-20(18)26/h2-14H,1H3,(H,27,31). The lowest BCUT2D eigenvalue weighted by atomic mass is 10.0. The number of nitrogens with zero attached hydrogens (tertiary/aromatic N) is 2. The number of anilines is 1. The van der Waals surface area contributed by atoms with Gasteiger partial charge in [-0.15, -0.1) is 0 Å². The lowest BCUT2D eigenvalue weighted by molar-refractivity contribution is 0.102. The van der Waals surface area contributed by atoms with Crippen LogP contribution in [0.25, 0.3) is 16.8 Å². The van der Waals surface area contributed by atoms with Crippen molar-refractivity contribution in [1.82, 2.24) is 9.78 Å². The number of para-hydroxylation sites is 1. The molecule has 0 fully saturated rings. The van der Waals surface area contributed by atoms with Crippen molar-refractivity contribution in [3.8, 4) is 16.8 Å². The lowest BCUT2D eigenvalue weighted by Crippen LogP contribution is -2.25. The molecule has 0 saturated carbocycles. The molecule has 0 atom stereocenters. The van der Waals surface area contributed by atoms with Crippen molar-refractivity contribution in [3.05, 3.63) is 111 Å². The minimum absolute atomic E-state index is 0.100. The van der Waals surface area contributed by atoms with E-state index < -0.39 is 11.7 Å². The van der Waals surface area contributed by atoms with Gasteiger partial charge in [0.1, 0.15) is 17.3 Å². The minimum Gasteiger partial charge on any atom is -0.306 e. The van der Waals surface area contributed by atoms with E-state index in [4.69, 9.17) is 11.6 Å². The zero-order chi connectivity index (χ0) is 22.0. The summed E-state index contributed by atoms with van der Waals surface area (Å²) in [6, 6.07) is 21.5. The number of benzene rings is 3. The van der Waals surface area contributed by atoms with Crippen LogP contribution in [-0.2, 0) is 0 Å². The largest absolute Gasteiger partial charge is 0.306 e. The molecule has 1 N–H and O–H groups in total. The molecule has 1 heterocycles. The Kier molecular flexibility index (Phi) is 5.64. The van der Waals surface area contributed by atoms with Gasteiger partial charge in [-0.2, -0.15) is 5.10 Å². The van der Waals surface area contributed by atoms with E-state index in [0.29, 0.717) is 16.3 Å². The average molecular weight is 434 g/mol. The molecule has 0 spiro atoms. The van der Waals surface area contributed by atoms with Crippen LogP contribution in [0.5, 0.6) is 0 Å². The van der Waals surface area contributed by atoms with Crippen LogP contribution >= 0.6 is 11.6 Å². The van der Waals surface area contributed by atoms with E-state index >= 15 is 0 Å². The van der Waals surface area contributed by atoms with Gasteiger partial charge < -0.3 is 5.32 Å². The lowest BCUT2D eigenvalue weighted by Gasteiger charge is -2.19. The van der Waals surface area contributed by atoms with Crippen molar-refractivity contribution < 1.29 is 9.18 Å². The number of carbonyl (C=O) groups is 1. The first-order chi connectivity index (χ1) is 15.0. The highest BCUT2D eigenvalue weighted by Gasteiger charge is 2.23. The number of halogens is 2. The summed E-state index contributed by atoms with van der Waals surface area (Å²) < 4.78 is 15.7. The molecule has 0 saturated heterocycles. The first-order valence-corrected chi connectivity index (χ1v) is 9.85. The van der Waals surface area contributed by atoms with Gasteiger partial charge in [-0.3, -0.25) is 9.59 Å². The predicted octanol–water partition coefficient (Wildman–Crippen LogP) is 5.25. The number of nitrogens with one attached hydrogen (secondary N) is 1. The number of hydrogen-bond acceptors (Lipinski definition) is 3. The van der Waals surface area contributed by atoms with Crippen LogP contribution < -0.4 is 10.7 Å². The summed E-state index contributed by atoms with van der Waals surface area (Å²) in [5.41, 5.74) is 0.912. The van der Waals surface area contributed by atoms with Gasteiger partial charge in [-0.1, -0.05) is 60.1 Å². The van der Waals surface area contributed by atoms with E-state index in [1.165, 1.54) is 22.9 Å². The molecule has 1 amide bonds.